The van der Waals surface area contributed by atoms with Crippen molar-refractivity contribution in [1.29, 1.82) is 0 Å². The molecule has 0 aliphatic heterocycles. The van der Waals surface area contributed by atoms with Gasteiger partial charge < -0.3 is 19.9 Å². The number of pyridine rings is 1. The molecule has 42 heavy (non-hydrogen) atoms. The van der Waals surface area contributed by atoms with E-state index in [-0.39, 0.29) is 24.8 Å². The Kier molecular flexibility index (Phi) is 8.34. The van der Waals surface area contributed by atoms with E-state index in [0.717, 1.165) is 12.1 Å². The number of fused-ring (bicyclic) bond motifs is 1. The number of nitrogens with zero attached hydrogens (tertiary/aromatic N) is 3. The Morgan fingerprint density at radius 2 is 1.81 bits per heavy atom. The van der Waals surface area contributed by atoms with Crippen LogP contribution in [0.1, 0.15) is 0 Å². The average molecular weight is 614 g/mol. The number of aromatic nitrogens is 3. The van der Waals surface area contributed by atoms with Crippen LogP contribution in [0, 0.1) is 11.6 Å². The maximum Gasteiger partial charge on any atom is 0.264 e. The number of methoxy groups -OCH3 is 1. The van der Waals surface area contributed by atoms with Gasteiger partial charge in [0.2, 0.25) is 5.88 Å². The summed E-state index contributed by atoms with van der Waals surface area (Å²) >= 11 is 6.31. The lowest BCUT2D eigenvalue weighted by Gasteiger charge is -2.14. The van der Waals surface area contributed by atoms with Crippen molar-refractivity contribution in [3.8, 4) is 22.8 Å². The normalized spacial score (nSPS) is 11.4. The van der Waals surface area contributed by atoms with E-state index in [4.69, 9.17) is 26.2 Å². The van der Waals surface area contributed by atoms with Crippen molar-refractivity contribution >= 4 is 49.7 Å². The van der Waals surface area contributed by atoms with Gasteiger partial charge in [-0.1, -0.05) is 17.7 Å². The van der Waals surface area contributed by atoms with Crippen LogP contribution in [-0.2, 0) is 10.0 Å². The van der Waals surface area contributed by atoms with E-state index in [1.54, 1.807) is 36.4 Å². The van der Waals surface area contributed by atoms with E-state index in [1.165, 1.54) is 25.7 Å². The van der Waals surface area contributed by atoms with Gasteiger partial charge in [-0.3, -0.25) is 4.72 Å². The molecule has 2 aromatic heterocycles. The maximum absolute atomic E-state index is 14.3. The second-order valence-corrected chi connectivity index (χ2v) is 10.8. The summed E-state index contributed by atoms with van der Waals surface area (Å²) in [4.78, 5) is 12.1. The third kappa shape index (κ3) is 6.17. The number of halogens is 3. The van der Waals surface area contributed by atoms with Crippen molar-refractivity contribution in [1.82, 2.24) is 15.0 Å². The molecule has 0 unspecified atom stereocenters. The highest BCUT2D eigenvalue weighted by Crippen LogP contribution is 2.34. The summed E-state index contributed by atoms with van der Waals surface area (Å²) in [6.07, 6.45) is 2.89. The largest absolute Gasteiger partial charge is 0.490 e. The zero-order valence-electron chi connectivity index (χ0n) is 21.8. The van der Waals surface area contributed by atoms with Crippen LogP contribution in [0.25, 0.3) is 22.0 Å². The molecule has 0 bridgehead atoms. The van der Waals surface area contributed by atoms with Crippen molar-refractivity contribution in [3.63, 3.8) is 0 Å². The molecule has 5 rings (SSSR count). The summed E-state index contributed by atoms with van der Waals surface area (Å²) < 4.78 is 66.3. The maximum atomic E-state index is 14.3. The van der Waals surface area contributed by atoms with E-state index in [2.05, 4.69) is 25.0 Å². The van der Waals surface area contributed by atoms with E-state index >= 15 is 0 Å². The Labute approximate surface area is 244 Å². The van der Waals surface area contributed by atoms with Gasteiger partial charge in [0.05, 0.1) is 24.3 Å². The molecule has 14 heteroatoms. The van der Waals surface area contributed by atoms with E-state index in [0.29, 0.717) is 50.4 Å². The van der Waals surface area contributed by atoms with Gasteiger partial charge in [0, 0.05) is 28.9 Å². The lowest BCUT2D eigenvalue weighted by atomic mass is 10.0. The van der Waals surface area contributed by atoms with Gasteiger partial charge in [-0.05, 0) is 54.1 Å². The summed E-state index contributed by atoms with van der Waals surface area (Å²) in [6, 6.07) is 14.0. The van der Waals surface area contributed by atoms with Gasteiger partial charge in [0.15, 0.2) is 0 Å². The molecule has 0 radical (unpaired) electrons. The van der Waals surface area contributed by atoms with Gasteiger partial charge >= 0.3 is 0 Å². The van der Waals surface area contributed by atoms with Crippen LogP contribution >= 0.6 is 11.6 Å². The Bertz CT molecular complexity index is 1900. The standard InChI is InChI=1S/C28H22ClF2N5O5S/c1-40-28-24(36-42(38,39)26-7-3-18(30)12-22(26)31)11-17(14-32-28)16-2-5-23-20(10-16)27(34-15-33-23)35-19-4-6-25(21(29)13-19)41-9-8-37/h2-7,10-15,36-37H,8-9H2,1H3,(H,33,34,35). The highest BCUT2D eigenvalue weighted by Gasteiger charge is 2.22. The number of aliphatic hydroxyl groups excluding tert-OH is 1. The molecule has 3 N–H and O–H groups in total. The fourth-order valence-electron chi connectivity index (χ4n) is 4.06. The number of aliphatic hydroxyl groups is 1. The third-order valence-corrected chi connectivity index (χ3v) is 7.68. The fourth-order valence-corrected chi connectivity index (χ4v) is 5.41. The number of rotatable bonds is 10. The van der Waals surface area contributed by atoms with E-state index in [1.807, 2.05) is 0 Å². The summed E-state index contributed by atoms with van der Waals surface area (Å²) in [6.45, 7) is -0.0339. The summed E-state index contributed by atoms with van der Waals surface area (Å²) in [5, 5.41) is 13.2. The molecule has 0 amide bonds. The quantitative estimate of drug-likeness (QED) is 0.185. The minimum absolute atomic E-state index is 0.0559. The SMILES string of the molecule is COc1ncc(-c2ccc3ncnc(Nc4ccc(OCCO)c(Cl)c4)c3c2)cc1NS(=O)(=O)c1ccc(F)cc1F. The van der Waals surface area contributed by atoms with Crippen LogP contribution in [0.15, 0.2) is 78.1 Å². The van der Waals surface area contributed by atoms with Crippen LogP contribution < -0.4 is 19.5 Å². The van der Waals surface area contributed by atoms with Gasteiger partial charge in [-0.25, -0.2) is 32.2 Å². The number of nitrogens with one attached hydrogen (secondary N) is 2. The van der Waals surface area contributed by atoms with Gasteiger partial charge in [-0.2, -0.15) is 0 Å². The molecule has 0 aliphatic carbocycles. The second-order valence-electron chi connectivity index (χ2n) is 8.76. The number of anilines is 3. The first-order valence-electron chi connectivity index (χ1n) is 12.3. The number of hydrogen-bond donors (Lipinski definition) is 3. The highest BCUT2D eigenvalue weighted by molar-refractivity contribution is 7.92. The van der Waals surface area contributed by atoms with Crippen molar-refractivity contribution in [3.05, 3.63) is 89.8 Å². The topological polar surface area (TPSA) is 136 Å². The molecule has 0 fully saturated rings. The lowest BCUT2D eigenvalue weighted by Crippen LogP contribution is -2.15. The smallest absolute Gasteiger partial charge is 0.264 e. The molecule has 0 saturated heterocycles. The van der Waals surface area contributed by atoms with Gasteiger partial charge in [-0.15, -0.1) is 0 Å². The van der Waals surface area contributed by atoms with Crippen molar-refractivity contribution in [2.24, 2.45) is 0 Å². The Balaban J connectivity index is 1.49. The average Bonchev–Trinajstić information content (AvgIpc) is 2.96. The Morgan fingerprint density at radius 1 is 0.976 bits per heavy atom. The molecule has 0 spiro atoms. The zero-order chi connectivity index (χ0) is 29.9. The van der Waals surface area contributed by atoms with Gasteiger partial charge in [0.25, 0.3) is 10.0 Å². The van der Waals surface area contributed by atoms with Gasteiger partial charge in [0.1, 0.15) is 46.7 Å². The number of sulfonamides is 1. The molecule has 10 nitrogen and oxygen atoms in total. The molecule has 5 aromatic rings. The first kappa shape index (κ1) is 28.9. The van der Waals surface area contributed by atoms with Crippen LogP contribution in [-0.4, -0.2) is 48.8 Å². The van der Waals surface area contributed by atoms with Crippen molar-refractivity contribution in [2.75, 3.05) is 30.4 Å². The Hall–Kier alpha value is -4.59. The molecule has 216 valence electrons. The molecular weight excluding hydrogens is 592 g/mol. The van der Waals surface area contributed by atoms with E-state index < -0.39 is 26.6 Å². The number of hydrogen-bond acceptors (Lipinski definition) is 9. The zero-order valence-corrected chi connectivity index (χ0v) is 23.4. The summed E-state index contributed by atoms with van der Waals surface area (Å²) in [5.74, 6) is -1.31. The van der Waals surface area contributed by atoms with Crippen LogP contribution in [0.2, 0.25) is 5.02 Å². The first-order valence-corrected chi connectivity index (χ1v) is 14.1. The number of ether oxygens (including phenoxy) is 2. The summed E-state index contributed by atoms with van der Waals surface area (Å²) in [7, 11) is -3.15. The molecule has 0 aliphatic rings. The van der Waals surface area contributed by atoms with Crippen molar-refractivity contribution < 1.29 is 31.8 Å². The first-order chi connectivity index (χ1) is 20.2. The van der Waals surface area contributed by atoms with Crippen LogP contribution in [0.4, 0.5) is 26.0 Å². The fraction of sp³-hybridized carbons (Fsp3) is 0.107. The molecule has 0 atom stereocenters. The van der Waals surface area contributed by atoms with Crippen LogP contribution in [0.5, 0.6) is 11.6 Å². The Morgan fingerprint density at radius 3 is 2.55 bits per heavy atom. The minimum Gasteiger partial charge on any atom is -0.490 e. The molecular formula is C28H22ClF2N5O5S. The predicted octanol–water partition coefficient (Wildman–Crippen LogP) is 5.55. The predicted molar refractivity (Wildman–Crippen MR) is 154 cm³/mol. The lowest BCUT2D eigenvalue weighted by molar-refractivity contribution is 0.201. The van der Waals surface area contributed by atoms with Crippen LogP contribution in [0.3, 0.4) is 0 Å². The number of benzene rings is 3. The minimum atomic E-state index is -4.45. The van der Waals surface area contributed by atoms with Crippen molar-refractivity contribution in [2.45, 2.75) is 4.90 Å². The monoisotopic (exact) mass is 613 g/mol. The van der Waals surface area contributed by atoms with E-state index in [9.17, 15) is 17.2 Å². The molecule has 2 heterocycles. The molecule has 3 aromatic carbocycles. The second kappa shape index (κ2) is 12.1. The molecule has 0 saturated carbocycles. The third-order valence-electron chi connectivity index (χ3n) is 5.98. The summed E-state index contributed by atoms with van der Waals surface area (Å²) in [5.41, 5.74) is 2.32. The highest BCUT2D eigenvalue weighted by atomic mass is 35.5.